The molecule has 0 bridgehead atoms. The molecule has 3 rings (SSSR count). The van der Waals surface area contributed by atoms with Crippen LogP contribution >= 0.6 is 15.9 Å². The highest BCUT2D eigenvalue weighted by atomic mass is 79.9. The molecule has 6 nitrogen and oxygen atoms in total. The maximum atomic E-state index is 11.8. The van der Waals surface area contributed by atoms with E-state index in [9.17, 15) is 9.59 Å². The Bertz CT molecular complexity index is 1030. The van der Waals surface area contributed by atoms with Crippen LogP contribution in [0, 0.1) is 6.92 Å². The molecule has 0 fully saturated rings. The number of hydrogen-bond donors (Lipinski definition) is 1. The number of carbonyl (C=O) groups excluding carboxylic acids is 1. The number of benzene rings is 2. The normalized spacial score (nSPS) is 11.0. The van der Waals surface area contributed by atoms with Crippen LogP contribution in [0.5, 0.6) is 5.75 Å². The molecular weight excluding hydrogens is 400 g/mol. The van der Waals surface area contributed by atoms with Crippen molar-refractivity contribution < 1.29 is 13.9 Å². The van der Waals surface area contributed by atoms with Gasteiger partial charge in [0.05, 0.1) is 6.21 Å². The third-order valence-corrected chi connectivity index (χ3v) is 4.09. The molecule has 132 valence electrons. The summed E-state index contributed by atoms with van der Waals surface area (Å²) in [6.45, 7) is 1.62. The molecule has 0 spiro atoms. The Kier molecular flexibility index (Phi) is 5.48. The monoisotopic (exact) mass is 414 g/mol. The molecule has 0 aliphatic carbocycles. The summed E-state index contributed by atoms with van der Waals surface area (Å²) in [6, 6.07) is 14.0. The van der Waals surface area contributed by atoms with E-state index >= 15 is 0 Å². The van der Waals surface area contributed by atoms with Gasteiger partial charge in [-0.15, -0.1) is 0 Å². The number of ether oxygens (including phenoxy) is 1. The highest BCUT2D eigenvalue weighted by molar-refractivity contribution is 9.10. The van der Waals surface area contributed by atoms with Crippen LogP contribution in [0.25, 0.3) is 11.0 Å². The minimum atomic E-state index is -0.424. The predicted molar refractivity (Wildman–Crippen MR) is 103 cm³/mol. The van der Waals surface area contributed by atoms with E-state index in [0.717, 1.165) is 21.0 Å². The number of nitrogens with zero attached hydrogens (tertiary/aromatic N) is 1. The first kappa shape index (κ1) is 17.9. The van der Waals surface area contributed by atoms with Crippen molar-refractivity contribution in [3.05, 3.63) is 74.6 Å². The fraction of sp³-hybridized carbons (Fsp3) is 0.105. The van der Waals surface area contributed by atoms with E-state index in [1.807, 2.05) is 31.2 Å². The number of amides is 1. The van der Waals surface area contributed by atoms with Crippen molar-refractivity contribution >= 4 is 39.0 Å². The highest BCUT2D eigenvalue weighted by Crippen LogP contribution is 2.22. The first-order valence-corrected chi connectivity index (χ1v) is 8.55. The fourth-order valence-corrected chi connectivity index (χ4v) is 2.57. The summed E-state index contributed by atoms with van der Waals surface area (Å²) in [4.78, 5) is 23.2. The van der Waals surface area contributed by atoms with Gasteiger partial charge in [0.2, 0.25) is 0 Å². The molecule has 0 radical (unpaired) electrons. The minimum Gasteiger partial charge on any atom is -0.484 e. The summed E-state index contributed by atoms with van der Waals surface area (Å²) in [5.41, 5.74) is 4.06. The smallest absolute Gasteiger partial charge is 0.336 e. The second-order valence-electron chi connectivity index (χ2n) is 5.54. The van der Waals surface area contributed by atoms with Crippen molar-refractivity contribution in [1.29, 1.82) is 0 Å². The molecule has 1 N–H and O–H groups in total. The number of hydrogen-bond acceptors (Lipinski definition) is 5. The van der Waals surface area contributed by atoms with Gasteiger partial charge in [-0.05, 0) is 42.3 Å². The Morgan fingerprint density at radius 1 is 1.23 bits per heavy atom. The van der Waals surface area contributed by atoms with Crippen molar-refractivity contribution in [1.82, 2.24) is 5.43 Å². The Labute approximate surface area is 157 Å². The van der Waals surface area contributed by atoms with Crippen molar-refractivity contribution in [2.24, 2.45) is 5.10 Å². The molecule has 0 saturated heterocycles. The summed E-state index contributed by atoms with van der Waals surface area (Å²) < 4.78 is 11.5. The standard InChI is InChI=1S/C19H15BrN2O4/c1-12-8-19(24)26-17-9-15(6-7-16(12)17)25-11-18(23)22-21-10-13-2-4-14(20)5-3-13/h2-10H,11H2,1H3,(H,22,23)/b21-10+. The lowest BCUT2D eigenvalue weighted by Crippen LogP contribution is -2.24. The average molecular weight is 415 g/mol. The van der Waals surface area contributed by atoms with E-state index in [4.69, 9.17) is 9.15 Å². The van der Waals surface area contributed by atoms with Crippen molar-refractivity contribution in [3.63, 3.8) is 0 Å². The first-order chi connectivity index (χ1) is 12.5. The van der Waals surface area contributed by atoms with Crippen molar-refractivity contribution in [3.8, 4) is 5.75 Å². The zero-order chi connectivity index (χ0) is 18.5. The van der Waals surface area contributed by atoms with E-state index in [0.29, 0.717) is 11.3 Å². The van der Waals surface area contributed by atoms with Gasteiger partial charge in [-0.3, -0.25) is 4.79 Å². The van der Waals surface area contributed by atoms with Gasteiger partial charge in [0.1, 0.15) is 11.3 Å². The molecule has 3 aromatic rings. The lowest BCUT2D eigenvalue weighted by Gasteiger charge is -2.06. The molecule has 2 aromatic carbocycles. The van der Waals surface area contributed by atoms with Gasteiger partial charge in [0, 0.05) is 22.0 Å². The molecular formula is C19H15BrN2O4. The lowest BCUT2D eigenvalue weighted by atomic mass is 10.1. The fourth-order valence-electron chi connectivity index (χ4n) is 2.30. The van der Waals surface area contributed by atoms with Gasteiger partial charge in [0.25, 0.3) is 5.91 Å². The van der Waals surface area contributed by atoms with E-state index in [1.165, 1.54) is 12.3 Å². The third kappa shape index (κ3) is 4.58. The van der Waals surface area contributed by atoms with Crippen LogP contribution in [0.2, 0.25) is 0 Å². The molecule has 1 amide bonds. The Balaban J connectivity index is 1.58. The van der Waals surface area contributed by atoms with Crippen molar-refractivity contribution in [2.75, 3.05) is 6.61 Å². The zero-order valence-corrected chi connectivity index (χ0v) is 15.4. The van der Waals surface area contributed by atoms with Crippen LogP contribution in [0.4, 0.5) is 0 Å². The van der Waals surface area contributed by atoms with Gasteiger partial charge in [-0.2, -0.15) is 5.10 Å². The zero-order valence-electron chi connectivity index (χ0n) is 13.9. The number of aryl methyl sites for hydroxylation is 1. The van der Waals surface area contributed by atoms with Crippen LogP contribution < -0.4 is 15.8 Å². The quantitative estimate of drug-likeness (QED) is 0.394. The summed E-state index contributed by atoms with van der Waals surface area (Å²) in [5.74, 6) is 0.0300. The predicted octanol–water partition coefficient (Wildman–Crippen LogP) is 3.39. The number of rotatable bonds is 5. The minimum absolute atomic E-state index is 0.209. The van der Waals surface area contributed by atoms with E-state index < -0.39 is 11.5 Å². The number of carbonyl (C=O) groups is 1. The second-order valence-corrected chi connectivity index (χ2v) is 6.46. The lowest BCUT2D eigenvalue weighted by molar-refractivity contribution is -0.123. The topological polar surface area (TPSA) is 80.9 Å². The van der Waals surface area contributed by atoms with Crippen LogP contribution in [0.3, 0.4) is 0 Å². The molecule has 7 heteroatoms. The maximum Gasteiger partial charge on any atom is 0.336 e. The Morgan fingerprint density at radius 3 is 2.77 bits per heavy atom. The van der Waals surface area contributed by atoms with Gasteiger partial charge in [-0.25, -0.2) is 10.2 Å². The molecule has 0 saturated carbocycles. The summed E-state index contributed by atoms with van der Waals surface area (Å²) in [7, 11) is 0. The van der Waals surface area contributed by atoms with E-state index in [2.05, 4.69) is 26.5 Å². The van der Waals surface area contributed by atoms with Gasteiger partial charge in [0.15, 0.2) is 6.61 Å². The number of fused-ring (bicyclic) bond motifs is 1. The highest BCUT2D eigenvalue weighted by Gasteiger charge is 2.06. The molecule has 0 aliphatic rings. The molecule has 0 unspecified atom stereocenters. The molecule has 1 aromatic heterocycles. The van der Waals surface area contributed by atoms with Crippen LogP contribution in [-0.2, 0) is 4.79 Å². The maximum absolute atomic E-state index is 11.8. The van der Waals surface area contributed by atoms with Crippen LogP contribution in [-0.4, -0.2) is 18.7 Å². The van der Waals surface area contributed by atoms with Gasteiger partial charge < -0.3 is 9.15 Å². The average Bonchev–Trinajstić information content (AvgIpc) is 2.61. The summed E-state index contributed by atoms with van der Waals surface area (Å²) in [6.07, 6.45) is 1.54. The largest absolute Gasteiger partial charge is 0.484 e. The van der Waals surface area contributed by atoms with Crippen LogP contribution in [0.1, 0.15) is 11.1 Å². The van der Waals surface area contributed by atoms with Crippen molar-refractivity contribution in [2.45, 2.75) is 6.92 Å². The van der Waals surface area contributed by atoms with E-state index in [-0.39, 0.29) is 6.61 Å². The summed E-state index contributed by atoms with van der Waals surface area (Å²) in [5, 5.41) is 4.70. The van der Waals surface area contributed by atoms with Gasteiger partial charge in [-0.1, -0.05) is 28.1 Å². The van der Waals surface area contributed by atoms with Gasteiger partial charge >= 0.3 is 5.63 Å². The molecule has 26 heavy (non-hydrogen) atoms. The second kappa shape index (κ2) is 7.97. The molecule has 0 aliphatic heterocycles. The number of nitrogens with one attached hydrogen (secondary N) is 1. The summed E-state index contributed by atoms with van der Waals surface area (Å²) >= 11 is 3.35. The van der Waals surface area contributed by atoms with E-state index in [1.54, 1.807) is 18.2 Å². The molecule has 0 atom stereocenters. The molecule has 1 heterocycles. The number of hydrazone groups is 1. The Morgan fingerprint density at radius 2 is 2.00 bits per heavy atom. The van der Waals surface area contributed by atoms with Crippen LogP contribution in [0.15, 0.2) is 67.3 Å². The Hall–Kier alpha value is -2.93. The first-order valence-electron chi connectivity index (χ1n) is 7.76. The number of halogens is 1. The third-order valence-electron chi connectivity index (χ3n) is 3.57. The SMILES string of the molecule is Cc1cc(=O)oc2cc(OCC(=O)N/N=C/c3ccc(Br)cc3)ccc12.